The zero-order valence-corrected chi connectivity index (χ0v) is 14.7. The van der Waals surface area contributed by atoms with Crippen LogP contribution in [0.1, 0.15) is 5.56 Å². The number of aromatic nitrogens is 2. The van der Waals surface area contributed by atoms with E-state index in [1.54, 1.807) is 0 Å². The third-order valence-electron chi connectivity index (χ3n) is 2.67. The van der Waals surface area contributed by atoms with Gasteiger partial charge in [-0.15, -0.1) is 0 Å². The Hall–Kier alpha value is -0.450. The van der Waals surface area contributed by atoms with Crippen LogP contribution in [0.25, 0.3) is 5.69 Å². The molecule has 0 bridgehead atoms. The highest BCUT2D eigenvalue weighted by atomic mass is 35.5. The fourth-order valence-electron chi connectivity index (χ4n) is 1.75. The quantitative estimate of drug-likeness (QED) is 0.438. The molecule has 0 fully saturated rings. The van der Waals surface area contributed by atoms with Crippen LogP contribution in [0.5, 0.6) is 0 Å². The van der Waals surface area contributed by atoms with Gasteiger partial charge in [-0.3, -0.25) is 0 Å². The van der Waals surface area contributed by atoms with Gasteiger partial charge in [-0.05, 0) is 23.7 Å². The van der Waals surface area contributed by atoms with Gasteiger partial charge in [0, 0.05) is 0 Å². The number of rotatable bonds is 3. The predicted molar refractivity (Wildman–Crippen MR) is 81.0 cm³/mol. The Balaban J connectivity index is 2.74. The maximum atomic E-state index is 12.8. The van der Waals surface area contributed by atoms with Crippen molar-refractivity contribution in [3.63, 3.8) is 0 Å². The maximum absolute atomic E-state index is 12.8. The van der Waals surface area contributed by atoms with Crippen LogP contribution in [-0.4, -0.2) is 19.9 Å². The number of benzene rings is 1. The van der Waals surface area contributed by atoms with Crippen LogP contribution in [-0.2, 0) is 17.4 Å². The van der Waals surface area contributed by atoms with Crippen molar-refractivity contribution in [3.8, 4) is 5.69 Å². The molecule has 3 nitrogen and oxygen atoms in total. The van der Waals surface area contributed by atoms with E-state index in [1.807, 2.05) is 0 Å². The fourth-order valence-corrected chi connectivity index (χ4v) is 3.88. The second kappa shape index (κ2) is 7.05. The third kappa shape index (κ3) is 3.71. The zero-order valence-electron chi connectivity index (χ0n) is 10.8. The van der Waals surface area contributed by atoms with E-state index in [4.69, 9.17) is 46.4 Å². The Labute approximate surface area is 154 Å². The monoisotopic (exact) mass is 446 g/mol. The molecular formula is C11H3Cl4F5N2OS. The van der Waals surface area contributed by atoms with Crippen LogP contribution in [0.3, 0.4) is 0 Å². The topological polar surface area (TPSA) is 40.9 Å². The molecule has 24 heavy (non-hydrogen) atoms. The molecule has 2 rings (SSSR count). The average molecular weight is 448 g/mol. The number of halogens is 9. The second-order valence-corrected chi connectivity index (χ2v) is 7.00. The number of hydrogen-bond acceptors (Lipinski definition) is 2. The van der Waals surface area contributed by atoms with Crippen molar-refractivity contribution in [2.75, 3.05) is 0 Å². The van der Waals surface area contributed by atoms with E-state index in [2.05, 4.69) is 4.98 Å². The summed E-state index contributed by atoms with van der Waals surface area (Å²) in [6, 6.07) is 1.03. The first-order chi connectivity index (χ1) is 10.9. The van der Waals surface area contributed by atoms with Gasteiger partial charge in [0.2, 0.25) is 10.4 Å². The minimum atomic E-state index is -4.74. The minimum absolute atomic E-state index is 0.403. The van der Waals surface area contributed by atoms with E-state index in [0.717, 1.165) is 0 Å². The summed E-state index contributed by atoms with van der Waals surface area (Å²) in [5.74, 6) is -3.35. The van der Waals surface area contributed by atoms with Gasteiger partial charge in [-0.2, -0.15) is 22.0 Å². The molecule has 1 aromatic carbocycles. The lowest BCUT2D eigenvalue weighted by Gasteiger charge is -2.16. The highest BCUT2D eigenvalue weighted by molar-refractivity contribution is 7.91. The van der Waals surface area contributed by atoms with Gasteiger partial charge in [0.25, 0.3) is 5.03 Å². The molecule has 13 heteroatoms. The largest absolute Gasteiger partial charge is 0.606 e. The summed E-state index contributed by atoms with van der Waals surface area (Å²) in [4.78, 5) is 3.47. The predicted octanol–water partition coefficient (Wildman–Crippen LogP) is 5.83. The Morgan fingerprint density at radius 1 is 1.08 bits per heavy atom. The summed E-state index contributed by atoms with van der Waals surface area (Å²) in [5.41, 5.74) is -1.57. The molecular weight excluding hydrogens is 445 g/mol. The van der Waals surface area contributed by atoms with Crippen LogP contribution in [0.2, 0.25) is 20.5 Å². The van der Waals surface area contributed by atoms with E-state index in [-0.39, 0.29) is 0 Å². The molecule has 132 valence electrons. The summed E-state index contributed by atoms with van der Waals surface area (Å²) < 4.78 is 76.1. The van der Waals surface area contributed by atoms with E-state index < -0.39 is 59.9 Å². The van der Waals surface area contributed by atoms with Gasteiger partial charge in [0.15, 0.2) is 0 Å². The van der Waals surface area contributed by atoms with Crippen LogP contribution in [0, 0.1) is 0 Å². The molecule has 1 unspecified atom stereocenters. The Kier molecular flexibility index (Phi) is 5.83. The molecule has 0 aliphatic rings. The van der Waals surface area contributed by atoms with Gasteiger partial charge >= 0.3 is 11.9 Å². The molecule has 0 radical (unpaired) electrons. The van der Waals surface area contributed by atoms with Crippen molar-refractivity contribution in [2.45, 2.75) is 17.0 Å². The van der Waals surface area contributed by atoms with E-state index in [1.165, 1.54) is 0 Å². The van der Waals surface area contributed by atoms with Crippen LogP contribution in [0.15, 0.2) is 17.2 Å². The van der Waals surface area contributed by atoms with Crippen LogP contribution in [0.4, 0.5) is 22.0 Å². The third-order valence-corrected chi connectivity index (χ3v) is 4.96. The lowest BCUT2D eigenvalue weighted by Crippen LogP contribution is -2.17. The molecule has 0 saturated carbocycles. The molecule has 1 aromatic heterocycles. The van der Waals surface area contributed by atoms with Gasteiger partial charge in [-0.25, -0.2) is 9.55 Å². The van der Waals surface area contributed by atoms with Crippen molar-refractivity contribution in [1.29, 1.82) is 0 Å². The highest BCUT2D eigenvalue weighted by Crippen LogP contribution is 2.41. The van der Waals surface area contributed by atoms with Crippen LogP contribution < -0.4 is 0 Å². The van der Waals surface area contributed by atoms with E-state index in [9.17, 15) is 26.5 Å². The van der Waals surface area contributed by atoms with E-state index >= 15 is 0 Å². The molecule has 1 atom stereocenters. The SMILES string of the molecule is [O-][S+](c1c(Cl)nc(Cl)n1-c1c(Cl)cc(C(F)(F)F)cc1Cl)C(F)F. The molecule has 0 aliphatic heterocycles. The minimum Gasteiger partial charge on any atom is -0.606 e. The number of hydrogen-bond donors (Lipinski definition) is 0. The van der Waals surface area contributed by atoms with Crippen molar-refractivity contribution >= 4 is 57.6 Å². The molecule has 0 aliphatic carbocycles. The Bertz CT molecular complexity index is 760. The first-order valence-corrected chi connectivity index (χ1v) is 8.36. The van der Waals surface area contributed by atoms with Gasteiger partial charge < -0.3 is 4.55 Å². The maximum Gasteiger partial charge on any atom is 0.416 e. The summed E-state index contributed by atoms with van der Waals surface area (Å²) in [6.45, 7) is 0. The Morgan fingerprint density at radius 2 is 1.58 bits per heavy atom. The number of imidazole rings is 1. The second-order valence-electron chi connectivity index (χ2n) is 4.16. The molecule has 2 aromatic rings. The molecule has 0 N–H and O–H groups in total. The smallest absolute Gasteiger partial charge is 0.416 e. The van der Waals surface area contributed by atoms with Gasteiger partial charge in [-0.1, -0.05) is 34.8 Å². The Morgan fingerprint density at radius 3 is 2.00 bits per heavy atom. The fraction of sp³-hybridized carbons (Fsp3) is 0.182. The average Bonchev–Trinajstić information content (AvgIpc) is 2.71. The summed E-state index contributed by atoms with van der Waals surface area (Å²) in [5, 5.41) is -3.05. The van der Waals surface area contributed by atoms with Gasteiger partial charge in [0.1, 0.15) is 0 Å². The van der Waals surface area contributed by atoms with E-state index in [0.29, 0.717) is 16.7 Å². The summed E-state index contributed by atoms with van der Waals surface area (Å²) >= 11 is 20.0. The van der Waals surface area contributed by atoms with Crippen molar-refractivity contribution in [1.82, 2.24) is 9.55 Å². The molecule has 0 spiro atoms. The highest BCUT2D eigenvalue weighted by Gasteiger charge is 2.37. The first-order valence-electron chi connectivity index (χ1n) is 5.64. The number of alkyl halides is 5. The van der Waals surface area contributed by atoms with Gasteiger partial charge in [0.05, 0.1) is 32.5 Å². The summed E-state index contributed by atoms with van der Waals surface area (Å²) in [6.07, 6.45) is -4.74. The number of nitrogens with zero attached hydrogens (tertiary/aromatic N) is 2. The molecule has 1 heterocycles. The van der Waals surface area contributed by atoms with Crippen molar-refractivity contribution in [3.05, 3.63) is 38.2 Å². The van der Waals surface area contributed by atoms with Crippen molar-refractivity contribution in [2.24, 2.45) is 0 Å². The lowest BCUT2D eigenvalue weighted by atomic mass is 10.2. The lowest BCUT2D eigenvalue weighted by molar-refractivity contribution is -0.137. The summed E-state index contributed by atoms with van der Waals surface area (Å²) in [7, 11) is 0. The zero-order chi connectivity index (χ0) is 18.4. The van der Waals surface area contributed by atoms with Crippen LogP contribution >= 0.6 is 46.4 Å². The van der Waals surface area contributed by atoms with Crippen molar-refractivity contribution < 1.29 is 26.5 Å². The normalized spacial score (nSPS) is 13.6. The molecule has 0 saturated heterocycles. The molecule has 0 amide bonds. The first kappa shape index (κ1) is 19.9. The standard InChI is InChI=1S/C11H3Cl4F5N2OS/c12-4-1-3(11(18,19)20)2-5(13)6(4)22-8(24(23)10(16)17)7(14)21-9(22)15/h1-2,10H.